The molecule has 5 nitrogen and oxygen atoms in total. The van der Waals surface area contributed by atoms with Crippen LogP contribution in [0.2, 0.25) is 0 Å². The zero-order chi connectivity index (χ0) is 23.1. The van der Waals surface area contributed by atoms with Gasteiger partial charge in [0.15, 0.2) is 5.11 Å². The molecule has 0 radical (unpaired) electrons. The summed E-state index contributed by atoms with van der Waals surface area (Å²) in [5, 5.41) is 14.7. The van der Waals surface area contributed by atoms with Crippen LogP contribution in [0.3, 0.4) is 0 Å². The van der Waals surface area contributed by atoms with Crippen molar-refractivity contribution in [3.05, 3.63) is 107 Å². The van der Waals surface area contributed by atoms with E-state index in [0.717, 1.165) is 28.3 Å². The van der Waals surface area contributed by atoms with E-state index in [-0.39, 0.29) is 17.8 Å². The van der Waals surface area contributed by atoms with E-state index >= 15 is 0 Å². The molecule has 2 aromatic carbocycles. The minimum Gasteiger partial charge on any atom is -0.506 e. The van der Waals surface area contributed by atoms with Crippen molar-refractivity contribution in [1.82, 2.24) is 14.9 Å². The summed E-state index contributed by atoms with van der Waals surface area (Å²) in [5.74, 6) is 0.195. The smallest absolute Gasteiger partial charge is 0.174 e. The number of hydrogen-bond donors (Lipinski definition) is 2. The highest BCUT2D eigenvalue weighted by molar-refractivity contribution is 7.80. The van der Waals surface area contributed by atoms with E-state index in [1.807, 2.05) is 41.3 Å². The molecule has 0 aliphatic carbocycles. The van der Waals surface area contributed by atoms with Gasteiger partial charge in [-0.25, -0.2) is 0 Å². The molecule has 0 spiro atoms. The van der Waals surface area contributed by atoms with Gasteiger partial charge in [-0.05, 0) is 86.6 Å². The van der Waals surface area contributed by atoms with Crippen molar-refractivity contribution in [1.29, 1.82) is 0 Å². The first-order valence-corrected chi connectivity index (χ1v) is 11.4. The standard InChI is InChI=1S/C27H26N4OS/c1-17-9-8-10-20(15-17)30-18(2)16-21(19(30)3)26-25(22-11-6-7-14-28-22)29-27(33)31(26)23-12-4-5-13-24(23)32/h4-16,25-26,32H,1-3H3,(H,29,33)/t25-,26-/m0/s1. The Morgan fingerprint density at radius 3 is 2.45 bits per heavy atom. The number of pyridine rings is 1. The van der Waals surface area contributed by atoms with E-state index in [1.54, 1.807) is 12.3 Å². The topological polar surface area (TPSA) is 53.3 Å². The lowest BCUT2D eigenvalue weighted by Crippen LogP contribution is -2.29. The summed E-state index contributed by atoms with van der Waals surface area (Å²) in [6.07, 6.45) is 1.80. The molecule has 1 aliphatic rings. The average Bonchev–Trinajstić information content (AvgIpc) is 3.30. The van der Waals surface area contributed by atoms with Crippen molar-refractivity contribution in [2.45, 2.75) is 32.9 Å². The van der Waals surface area contributed by atoms with Crippen molar-refractivity contribution in [3.63, 3.8) is 0 Å². The highest BCUT2D eigenvalue weighted by atomic mass is 32.1. The van der Waals surface area contributed by atoms with Gasteiger partial charge in [-0.3, -0.25) is 4.98 Å². The van der Waals surface area contributed by atoms with Crippen LogP contribution in [-0.4, -0.2) is 19.8 Å². The number of nitrogens with zero attached hydrogens (tertiary/aromatic N) is 3. The van der Waals surface area contributed by atoms with Crippen molar-refractivity contribution in [2.24, 2.45) is 0 Å². The van der Waals surface area contributed by atoms with Crippen LogP contribution in [0.15, 0.2) is 79.0 Å². The molecule has 2 aromatic heterocycles. The second-order valence-corrected chi connectivity index (χ2v) is 8.87. The molecule has 4 aromatic rings. The zero-order valence-electron chi connectivity index (χ0n) is 18.9. The number of aromatic hydroxyl groups is 1. The number of para-hydroxylation sites is 2. The molecule has 1 saturated heterocycles. The van der Waals surface area contributed by atoms with E-state index in [1.165, 1.54) is 5.56 Å². The number of hydrogen-bond acceptors (Lipinski definition) is 3. The SMILES string of the molecule is Cc1cccc(-n2c(C)cc([C@H]3[C@H](c4ccccn4)NC(=S)N3c3ccccc3O)c2C)c1. The monoisotopic (exact) mass is 454 g/mol. The van der Waals surface area contributed by atoms with Crippen molar-refractivity contribution in [2.75, 3.05) is 4.90 Å². The molecule has 1 aliphatic heterocycles. The molecule has 6 heteroatoms. The lowest BCUT2D eigenvalue weighted by molar-refractivity contribution is 0.472. The van der Waals surface area contributed by atoms with Crippen LogP contribution in [0, 0.1) is 20.8 Å². The predicted molar refractivity (Wildman–Crippen MR) is 136 cm³/mol. The second kappa shape index (κ2) is 8.37. The first-order chi connectivity index (χ1) is 16.0. The van der Waals surface area contributed by atoms with Crippen molar-refractivity contribution < 1.29 is 5.11 Å². The van der Waals surface area contributed by atoms with Crippen LogP contribution in [-0.2, 0) is 0 Å². The number of benzene rings is 2. The van der Waals surface area contributed by atoms with Gasteiger partial charge in [0, 0.05) is 23.3 Å². The van der Waals surface area contributed by atoms with Crippen LogP contribution in [0.4, 0.5) is 5.69 Å². The fraction of sp³-hybridized carbons (Fsp3) is 0.185. The molecular weight excluding hydrogens is 428 g/mol. The number of rotatable bonds is 4. The van der Waals surface area contributed by atoms with Gasteiger partial charge in [-0.2, -0.15) is 0 Å². The third-order valence-corrected chi connectivity index (χ3v) is 6.60. The average molecular weight is 455 g/mol. The van der Waals surface area contributed by atoms with Gasteiger partial charge in [-0.15, -0.1) is 0 Å². The molecule has 2 N–H and O–H groups in total. The van der Waals surface area contributed by atoms with E-state index in [4.69, 9.17) is 12.2 Å². The minimum atomic E-state index is -0.176. The third kappa shape index (κ3) is 3.66. The van der Waals surface area contributed by atoms with Gasteiger partial charge in [0.1, 0.15) is 5.75 Å². The van der Waals surface area contributed by atoms with Crippen LogP contribution < -0.4 is 10.2 Å². The Morgan fingerprint density at radius 1 is 0.939 bits per heavy atom. The normalized spacial score (nSPS) is 17.9. The third-order valence-electron chi connectivity index (χ3n) is 6.29. The molecule has 2 atom stereocenters. The number of thiocarbonyl (C=S) groups is 1. The molecule has 0 saturated carbocycles. The summed E-state index contributed by atoms with van der Waals surface area (Å²) >= 11 is 5.80. The van der Waals surface area contributed by atoms with E-state index in [0.29, 0.717) is 10.8 Å². The molecule has 166 valence electrons. The number of phenols is 1. The van der Waals surface area contributed by atoms with Crippen LogP contribution in [0.1, 0.15) is 40.3 Å². The van der Waals surface area contributed by atoms with Gasteiger partial charge in [0.2, 0.25) is 0 Å². The lowest BCUT2D eigenvalue weighted by Gasteiger charge is -2.28. The number of anilines is 1. The Bertz CT molecular complexity index is 1330. The summed E-state index contributed by atoms with van der Waals surface area (Å²) in [7, 11) is 0. The first kappa shape index (κ1) is 21.2. The Labute approximate surface area is 199 Å². The van der Waals surface area contributed by atoms with Crippen molar-refractivity contribution >= 4 is 23.0 Å². The summed E-state index contributed by atoms with van der Waals surface area (Å²) in [5.41, 5.74) is 7.35. The van der Waals surface area contributed by atoms with Crippen LogP contribution in [0.5, 0.6) is 5.75 Å². The fourth-order valence-electron chi connectivity index (χ4n) is 4.85. The quantitative estimate of drug-likeness (QED) is 0.389. The summed E-state index contributed by atoms with van der Waals surface area (Å²) in [6.45, 7) is 6.37. The molecule has 5 rings (SSSR count). The maximum absolute atomic E-state index is 10.7. The predicted octanol–water partition coefficient (Wildman–Crippen LogP) is 5.68. The summed E-state index contributed by atoms with van der Waals surface area (Å²) < 4.78 is 2.28. The number of phenolic OH excluding ortho intramolecular Hbond substituents is 1. The van der Waals surface area contributed by atoms with Crippen molar-refractivity contribution in [3.8, 4) is 11.4 Å². The number of aromatic nitrogens is 2. The molecule has 0 amide bonds. The highest BCUT2D eigenvalue weighted by Crippen LogP contribution is 2.45. The fourth-order valence-corrected chi connectivity index (χ4v) is 5.19. The molecule has 33 heavy (non-hydrogen) atoms. The molecule has 0 bridgehead atoms. The summed E-state index contributed by atoms with van der Waals surface area (Å²) in [6, 6.07) is 23.6. The van der Waals surface area contributed by atoms with Gasteiger partial charge in [0.25, 0.3) is 0 Å². The molecule has 1 fully saturated rings. The summed E-state index contributed by atoms with van der Waals surface area (Å²) in [4.78, 5) is 6.65. The number of nitrogens with one attached hydrogen (secondary N) is 1. The van der Waals surface area contributed by atoms with Gasteiger partial charge in [-0.1, -0.05) is 30.3 Å². The van der Waals surface area contributed by atoms with Gasteiger partial charge < -0.3 is 19.9 Å². The Morgan fingerprint density at radius 2 is 1.73 bits per heavy atom. The van der Waals surface area contributed by atoms with Crippen LogP contribution >= 0.6 is 12.2 Å². The minimum absolute atomic E-state index is 0.162. The Balaban J connectivity index is 1.70. The zero-order valence-corrected chi connectivity index (χ0v) is 19.7. The van der Waals surface area contributed by atoms with E-state index in [2.05, 4.69) is 66.0 Å². The van der Waals surface area contributed by atoms with Gasteiger partial charge >= 0.3 is 0 Å². The number of aryl methyl sites for hydroxylation is 2. The van der Waals surface area contributed by atoms with Crippen LogP contribution in [0.25, 0.3) is 5.69 Å². The lowest BCUT2D eigenvalue weighted by atomic mass is 9.96. The largest absolute Gasteiger partial charge is 0.506 e. The van der Waals surface area contributed by atoms with Gasteiger partial charge in [0.05, 0.1) is 23.5 Å². The maximum Gasteiger partial charge on any atom is 0.174 e. The first-order valence-electron chi connectivity index (χ1n) is 11.0. The Hall–Kier alpha value is -3.64. The maximum atomic E-state index is 10.7. The molecule has 0 unspecified atom stereocenters. The Kier molecular flexibility index (Phi) is 5.38. The van der Waals surface area contributed by atoms with E-state index < -0.39 is 0 Å². The van der Waals surface area contributed by atoms with E-state index in [9.17, 15) is 5.11 Å². The molecule has 3 heterocycles. The second-order valence-electron chi connectivity index (χ2n) is 8.49. The highest BCUT2D eigenvalue weighted by Gasteiger charge is 2.43. The molecular formula is C27H26N4OS.